The summed E-state index contributed by atoms with van der Waals surface area (Å²) < 4.78 is 0. The third kappa shape index (κ3) is 2.79. The lowest BCUT2D eigenvalue weighted by molar-refractivity contribution is 0.475. The van der Waals surface area contributed by atoms with Gasteiger partial charge in [-0.05, 0) is 52.6 Å². The first-order valence-corrected chi connectivity index (χ1v) is 9.24. The minimum absolute atomic E-state index is 0.239. The van der Waals surface area contributed by atoms with E-state index in [4.69, 9.17) is 16.6 Å². The second-order valence-corrected chi connectivity index (χ2v) is 7.21. The Balaban J connectivity index is 1.78. The molecule has 0 bridgehead atoms. The van der Waals surface area contributed by atoms with E-state index >= 15 is 0 Å². The van der Waals surface area contributed by atoms with E-state index in [2.05, 4.69) is 30.3 Å². The first-order valence-electron chi connectivity index (χ1n) is 8.86. The summed E-state index contributed by atoms with van der Waals surface area (Å²) in [6.07, 6.45) is 0.872. The lowest BCUT2D eigenvalue weighted by atomic mass is 9.96. The summed E-state index contributed by atoms with van der Waals surface area (Å²) in [4.78, 5) is 4.97. The van der Waals surface area contributed by atoms with Crippen LogP contribution in [-0.2, 0) is 6.42 Å². The molecule has 1 aliphatic carbocycles. The van der Waals surface area contributed by atoms with Crippen LogP contribution in [0, 0.1) is 0 Å². The highest BCUT2D eigenvalue weighted by molar-refractivity contribution is 6.30. The number of benzene rings is 3. The van der Waals surface area contributed by atoms with Crippen LogP contribution in [-0.4, -0.2) is 10.1 Å². The zero-order valence-corrected chi connectivity index (χ0v) is 15.2. The topological polar surface area (TPSA) is 33.1 Å². The third-order valence-corrected chi connectivity index (χ3v) is 5.31. The Kier molecular flexibility index (Phi) is 3.73. The van der Waals surface area contributed by atoms with E-state index in [1.54, 1.807) is 12.1 Å². The molecule has 0 radical (unpaired) electrons. The summed E-state index contributed by atoms with van der Waals surface area (Å²) in [5.74, 6) is 0.239. The monoisotopic (exact) mass is 369 g/mol. The molecule has 1 aromatic heterocycles. The van der Waals surface area contributed by atoms with Gasteiger partial charge < -0.3 is 5.11 Å². The minimum atomic E-state index is 0.239. The van der Waals surface area contributed by atoms with Crippen LogP contribution < -0.4 is 0 Å². The first-order chi connectivity index (χ1) is 13.2. The van der Waals surface area contributed by atoms with Gasteiger partial charge in [0.15, 0.2) is 0 Å². The van der Waals surface area contributed by atoms with Gasteiger partial charge >= 0.3 is 0 Å². The number of nitrogens with zero attached hydrogens (tertiary/aromatic N) is 1. The molecule has 130 valence electrons. The van der Waals surface area contributed by atoms with Gasteiger partial charge in [0.25, 0.3) is 0 Å². The zero-order chi connectivity index (χ0) is 18.4. The van der Waals surface area contributed by atoms with Gasteiger partial charge in [-0.2, -0.15) is 0 Å². The lowest BCUT2D eigenvalue weighted by Crippen LogP contribution is -1.94. The average Bonchev–Trinajstić information content (AvgIpc) is 3.07. The van der Waals surface area contributed by atoms with Crippen LogP contribution >= 0.6 is 11.6 Å². The van der Waals surface area contributed by atoms with E-state index in [0.29, 0.717) is 0 Å². The number of phenols is 1. The number of hydrogen-bond acceptors (Lipinski definition) is 2. The Morgan fingerprint density at radius 2 is 1.59 bits per heavy atom. The molecule has 0 unspecified atom stereocenters. The number of rotatable bonds is 2. The number of aromatic nitrogens is 1. The standard InChI is InChI=1S/C24H16ClNO/c25-18-10-8-15(9-11-18)21-14-23(17-5-3-6-19(27)12-17)26-24-20-7-2-1-4-16(20)13-22(21)24/h1-12,14,27H,13H2. The molecule has 1 N–H and O–H groups in total. The number of hydrogen-bond donors (Lipinski definition) is 1. The van der Waals surface area contributed by atoms with E-state index in [9.17, 15) is 5.11 Å². The van der Waals surface area contributed by atoms with Crippen molar-refractivity contribution in [2.75, 3.05) is 0 Å². The number of pyridine rings is 1. The van der Waals surface area contributed by atoms with Crippen molar-refractivity contribution in [3.8, 4) is 39.4 Å². The maximum Gasteiger partial charge on any atom is 0.116 e. The summed E-state index contributed by atoms with van der Waals surface area (Å²) in [7, 11) is 0. The fourth-order valence-corrected chi connectivity index (χ4v) is 3.90. The van der Waals surface area contributed by atoms with E-state index < -0.39 is 0 Å². The number of fused-ring (bicyclic) bond motifs is 3. The molecule has 27 heavy (non-hydrogen) atoms. The van der Waals surface area contributed by atoms with E-state index in [1.807, 2.05) is 36.4 Å². The Morgan fingerprint density at radius 1 is 0.778 bits per heavy atom. The Bertz CT molecular complexity index is 1170. The van der Waals surface area contributed by atoms with Crippen LogP contribution in [0.2, 0.25) is 5.02 Å². The Hall–Kier alpha value is -3.10. The van der Waals surface area contributed by atoms with Crippen molar-refractivity contribution in [2.24, 2.45) is 0 Å². The average molecular weight is 370 g/mol. The van der Waals surface area contributed by atoms with Gasteiger partial charge in [-0.1, -0.05) is 60.1 Å². The normalized spacial score (nSPS) is 11.9. The van der Waals surface area contributed by atoms with Crippen LogP contribution in [0.3, 0.4) is 0 Å². The van der Waals surface area contributed by atoms with Gasteiger partial charge in [-0.15, -0.1) is 0 Å². The molecule has 1 heterocycles. The molecule has 0 atom stereocenters. The highest BCUT2D eigenvalue weighted by Gasteiger charge is 2.24. The fraction of sp³-hybridized carbons (Fsp3) is 0.0417. The zero-order valence-electron chi connectivity index (χ0n) is 14.5. The van der Waals surface area contributed by atoms with Crippen molar-refractivity contribution in [1.29, 1.82) is 0 Å². The SMILES string of the molecule is Oc1cccc(-c2cc(-c3ccc(Cl)cc3)c3c(n2)-c2ccccc2C3)c1. The predicted octanol–water partition coefficient (Wildman–Crippen LogP) is 6.35. The van der Waals surface area contributed by atoms with Gasteiger partial charge in [-0.25, -0.2) is 4.98 Å². The van der Waals surface area contributed by atoms with Crippen LogP contribution in [0.5, 0.6) is 5.75 Å². The van der Waals surface area contributed by atoms with Crippen LogP contribution in [0.25, 0.3) is 33.6 Å². The summed E-state index contributed by atoms with van der Waals surface area (Å²) >= 11 is 6.09. The Morgan fingerprint density at radius 3 is 2.41 bits per heavy atom. The number of aromatic hydroxyl groups is 1. The molecule has 3 aromatic carbocycles. The largest absolute Gasteiger partial charge is 0.508 e. The second kappa shape index (κ2) is 6.26. The van der Waals surface area contributed by atoms with Crippen molar-refractivity contribution >= 4 is 11.6 Å². The molecule has 0 saturated carbocycles. The smallest absolute Gasteiger partial charge is 0.116 e. The van der Waals surface area contributed by atoms with E-state index in [-0.39, 0.29) is 5.75 Å². The molecule has 4 aromatic rings. The number of halogens is 1. The van der Waals surface area contributed by atoms with Crippen molar-refractivity contribution in [3.05, 3.63) is 95.0 Å². The van der Waals surface area contributed by atoms with Gasteiger partial charge in [-0.3, -0.25) is 0 Å². The van der Waals surface area contributed by atoms with Crippen molar-refractivity contribution in [1.82, 2.24) is 4.98 Å². The molecule has 0 amide bonds. The molecule has 0 saturated heterocycles. The minimum Gasteiger partial charge on any atom is -0.508 e. The van der Waals surface area contributed by atoms with Crippen LogP contribution in [0.15, 0.2) is 78.9 Å². The molecule has 3 heteroatoms. The Labute approximate surface area is 162 Å². The molecule has 0 spiro atoms. The summed E-state index contributed by atoms with van der Waals surface area (Å²) in [5, 5.41) is 10.6. The molecular formula is C24H16ClNO. The maximum absolute atomic E-state index is 9.90. The molecule has 0 aliphatic heterocycles. The fourth-order valence-electron chi connectivity index (χ4n) is 3.77. The third-order valence-electron chi connectivity index (χ3n) is 5.06. The quantitative estimate of drug-likeness (QED) is 0.393. The van der Waals surface area contributed by atoms with Crippen molar-refractivity contribution < 1.29 is 5.11 Å². The first kappa shape index (κ1) is 16.1. The van der Waals surface area contributed by atoms with E-state index in [1.165, 1.54) is 16.7 Å². The predicted molar refractivity (Wildman–Crippen MR) is 110 cm³/mol. The highest BCUT2D eigenvalue weighted by atomic mass is 35.5. The molecule has 2 nitrogen and oxygen atoms in total. The van der Waals surface area contributed by atoms with Gasteiger partial charge in [0.2, 0.25) is 0 Å². The molecule has 5 rings (SSSR count). The van der Waals surface area contributed by atoms with Gasteiger partial charge in [0.05, 0.1) is 11.4 Å². The summed E-state index contributed by atoms with van der Waals surface area (Å²) in [5.41, 5.74) is 8.77. The summed E-state index contributed by atoms with van der Waals surface area (Å²) in [6, 6.07) is 25.7. The molecule has 1 aliphatic rings. The van der Waals surface area contributed by atoms with Crippen molar-refractivity contribution in [2.45, 2.75) is 6.42 Å². The van der Waals surface area contributed by atoms with Crippen LogP contribution in [0.4, 0.5) is 0 Å². The van der Waals surface area contributed by atoms with Gasteiger partial charge in [0.1, 0.15) is 5.75 Å². The van der Waals surface area contributed by atoms with Crippen molar-refractivity contribution in [3.63, 3.8) is 0 Å². The maximum atomic E-state index is 9.90. The second-order valence-electron chi connectivity index (χ2n) is 6.77. The molecular weight excluding hydrogens is 354 g/mol. The van der Waals surface area contributed by atoms with E-state index in [0.717, 1.165) is 39.5 Å². The highest BCUT2D eigenvalue weighted by Crippen LogP contribution is 2.42. The molecule has 0 fully saturated rings. The lowest BCUT2D eigenvalue weighted by Gasteiger charge is -2.12. The number of phenolic OH excluding ortho intramolecular Hbond substituents is 1. The van der Waals surface area contributed by atoms with Gasteiger partial charge in [0, 0.05) is 22.6 Å². The van der Waals surface area contributed by atoms with Crippen LogP contribution in [0.1, 0.15) is 11.1 Å². The summed E-state index contributed by atoms with van der Waals surface area (Å²) in [6.45, 7) is 0.